The van der Waals surface area contributed by atoms with E-state index in [-0.39, 0.29) is 17.8 Å². The molecule has 1 unspecified atom stereocenters. The molecule has 1 atom stereocenters. The van der Waals surface area contributed by atoms with Crippen LogP contribution < -0.4 is 5.32 Å². The zero-order valence-electron chi connectivity index (χ0n) is 18.8. The Bertz CT molecular complexity index is 1020. The quantitative estimate of drug-likeness (QED) is 0.551. The number of hydrogen-bond donors (Lipinski definition) is 1. The van der Waals surface area contributed by atoms with Gasteiger partial charge >= 0.3 is 0 Å². The molecule has 170 valence electrons. The Morgan fingerprint density at radius 1 is 1.12 bits per heavy atom. The maximum atomic E-state index is 13.5. The van der Waals surface area contributed by atoms with Crippen LogP contribution in [0.2, 0.25) is 0 Å². The van der Waals surface area contributed by atoms with Gasteiger partial charge in [0.25, 0.3) is 5.91 Å². The van der Waals surface area contributed by atoms with E-state index in [0.717, 1.165) is 44.0 Å². The summed E-state index contributed by atoms with van der Waals surface area (Å²) in [6, 6.07) is 14.4. The molecule has 1 N–H and O–H groups in total. The lowest BCUT2D eigenvalue weighted by Gasteiger charge is -2.36. The fourth-order valence-corrected chi connectivity index (χ4v) is 4.37. The van der Waals surface area contributed by atoms with Crippen molar-refractivity contribution < 1.29 is 13.6 Å². The predicted molar refractivity (Wildman–Crippen MR) is 122 cm³/mol. The first kappa shape index (κ1) is 22.3. The second-order valence-corrected chi connectivity index (χ2v) is 8.10. The number of aromatic nitrogens is 1. The maximum absolute atomic E-state index is 13.5. The lowest BCUT2D eigenvalue weighted by Crippen LogP contribution is -2.37. The smallest absolute Gasteiger partial charge is 0.287 e. The van der Waals surface area contributed by atoms with E-state index in [0.29, 0.717) is 18.8 Å². The Balaban J connectivity index is 1.45. The van der Waals surface area contributed by atoms with Crippen LogP contribution >= 0.6 is 0 Å². The van der Waals surface area contributed by atoms with Crippen molar-refractivity contribution in [3.05, 3.63) is 83.3 Å². The molecule has 0 fully saturated rings. The van der Waals surface area contributed by atoms with Crippen molar-refractivity contribution in [1.82, 2.24) is 19.7 Å². The molecule has 3 aromatic rings. The minimum absolute atomic E-state index is 0.00389. The molecule has 0 saturated carbocycles. The summed E-state index contributed by atoms with van der Waals surface area (Å²) >= 11 is 0. The Morgan fingerprint density at radius 3 is 2.66 bits per heavy atom. The van der Waals surface area contributed by atoms with Crippen LogP contribution in [0.1, 0.15) is 47.5 Å². The van der Waals surface area contributed by atoms with Crippen LogP contribution in [0.15, 0.2) is 59.1 Å². The molecule has 3 heterocycles. The summed E-state index contributed by atoms with van der Waals surface area (Å²) in [6.45, 7) is 9.83. The molecule has 1 aliphatic rings. The highest BCUT2D eigenvalue weighted by Crippen LogP contribution is 2.33. The van der Waals surface area contributed by atoms with Crippen LogP contribution in [0.5, 0.6) is 0 Å². The number of carbonyl (C=O) groups excluding carboxylic acids is 1. The van der Waals surface area contributed by atoms with Gasteiger partial charge in [-0.3, -0.25) is 9.69 Å². The summed E-state index contributed by atoms with van der Waals surface area (Å²) < 4.78 is 21.6. The molecular weight excluding hydrogens is 407 g/mol. The van der Waals surface area contributed by atoms with Gasteiger partial charge in [-0.15, -0.1) is 0 Å². The van der Waals surface area contributed by atoms with Gasteiger partial charge in [0.05, 0.1) is 12.6 Å². The van der Waals surface area contributed by atoms with E-state index in [1.807, 2.05) is 24.3 Å². The number of benzene rings is 1. The van der Waals surface area contributed by atoms with E-state index in [1.165, 1.54) is 17.8 Å². The molecule has 32 heavy (non-hydrogen) atoms. The molecule has 7 heteroatoms. The minimum atomic E-state index is -0.242. The molecule has 0 saturated heterocycles. The van der Waals surface area contributed by atoms with Gasteiger partial charge in [-0.05, 0) is 55.1 Å². The average molecular weight is 439 g/mol. The summed E-state index contributed by atoms with van der Waals surface area (Å²) in [6.07, 6.45) is 2.08. The third-order valence-corrected chi connectivity index (χ3v) is 6.18. The van der Waals surface area contributed by atoms with Gasteiger partial charge in [-0.25, -0.2) is 4.39 Å². The van der Waals surface area contributed by atoms with Crippen molar-refractivity contribution in [3.8, 4) is 0 Å². The summed E-state index contributed by atoms with van der Waals surface area (Å²) in [5.74, 6) is 0.643. The topological polar surface area (TPSA) is 53.7 Å². The highest BCUT2D eigenvalue weighted by molar-refractivity contribution is 5.91. The third-order valence-electron chi connectivity index (χ3n) is 6.18. The van der Waals surface area contributed by atoms with E-state index in [2.05, 4.69) is 45.8 Å². The number of likely N-dealkylation sites (N-methyl/N-ethyl adjacent to an activating group) is 1. The van der Waals surface area contributed by atoms with Gasteiger partial charge in [-0.2, -0.15) is 0 Å². The zero-order chi connectivity index (χ0) is 22.5. The number of amides is 1. The highest BCUT2D eigenvalue weighted by Gasteiger charge is 2.29. The molecule has 1 aliphatic heterocycles. The number of halogens is 1. The fraction of sp³-hybridized carbons (Fsp3) is 0.400. The summed E-state index contributed by atoms with van der Waals surface area (Å²) in [4.78, 5) is 17.0. The summed E-state index contributed by atoms with van der Waals surface area (Å²) in [5.41, 5.74) is 2.20. The van der Waals surface area contributed by atoms with Crippen molar-refractivity contribution in [2.24, 2.45) is 0 Å². The Labute approximate surface area is 188 Å². The monoisotopic (exact) mass is 438 g/mol. The molecule has 4 rings (SSSR count). The molecular formula is C25H31FN4O2. The minimum Gasteiger partial charge on any atom is -0.455 e. The number of nitrogens with zero attached hydrogens (tertiary/aromatic N) is 3. The van der Waals surface area contributed by atoms with E-state index >= 15 is 0 Å². The van der Waals surface area contributed by atoms with Crippen molar-refractivity contribution in [1.29, 1.82) is 0 Å². The normalized spacial score (nSPS) is 16.3. The van der Waals surface area contributed by atoms with Crippen molar-refractivity contribution in [2.45, 2.75) is 33.0 Å². The highest BCUT2D eigenvalue weighted by atomic mass is 19.1. The number of fused-ring (bicyclic) bond motifs is 1. The van der Waals surface area contributed by atoms with E-state index in [1.54, 1.807) is 6.07 Å². The second kappa shape index (κ2) is 10.1. The Morgan fingerprint density at radius 2 is 1.91 bits per heavy atom. The lowest BCUT2D eigenvalue weighted by molar-refractivity contribution is 0.0914. The van der Waals surface area contributed by atoms with Crippen molar-refractivity contribution in [3.63, 3.8) is 0 Å². The van der Waals surface area contributed by atoms with E-state index in [9.17, 15) is 9.18 Å². The molecule has 2 aromatic heterocycles. The summed E-state index contributed by atoms with van der Waals surface area (Å²) in [5, 5.41) is 2.94. The van der Waals surface area contributed by atoms with Gasteiger partial charge in [0.15, 0.2) is 5.76 Å². The van der Waals surface area contributed by atoms with Gasteiger partial charge in [0, 0.05) is 38.1 Å². The predicted octanol–water partition coefficient (Wildman–Crippen LogP) is 3.90. The molecule has 0 aliphatic carbocycles. The van der Waals surface area contributed by atoms with Crippen LogP contribution in [0, 0.1) is 5.82 Å². The first-order chi connectivity index (χ1) is 15.6. The molecule has 0 bridgehead atoms. The van der Waals surface area contributed by atoms with Gasteiger partial charge in [-0.1, -0.05) is 26.0 Å². The fourth-order valence-electron chi connectivity index (χ4n) is 4.37. The molecule has 0 radical (unpaired) electrons. The first-order valence-corrected chi connectivity index (χ1v) is 11.3. The third kappa shape index (κ3) is 4.95. The van der Waals surface area contributed by atoms with Gasteiger partial charge < -0.3 is 19.2 Å². The van der Waals surface area contributed by atoms with Gasteiger partial charge in [0.1, 0.15) is 11.6 Å². The molecule has 0 spiro atoms. The van der Waals surface area contributed by atoms with Crippen molar-refractivity contribution in [2.75, 3.05) is 32.7 Å². The van der Waals surface area contributed by atoms with Crippen molar-refractivity contribution >= 4 is 5.91 Å². The number of rotatable bonds is 9. The van der Waals surface area contributed by atoms with Crippen LogP contribution in [-0.4, -0.2) is 53.0 Å². The number of furan rings is 1. The molecule has 1 amide bonds. The maximum Gasteiger partial charge on any atom is 0.287 e. The standard InChI is InChI=1S/C25H31FN4O2/c1-3-28(4-2)15-13-27-25(31)23-12-11-21(32-23)18-30-17-16-29-14-5-6-22(29)24(30)19-7-9-20(26)10-8-19/h5-12,14,24H,3-4,13,15-18H2,1-2H3,(H,27,31). The van der Waals surface area contributed by atoms with E-state index < -0.39 is 0 Å². The average Bonchev–Trinajstić information content (AvgIpc) is 3.47. The Hall–Kier alpha value is -2.90. The van der Waals surface area contributed by atoms with E-state index in [4.69, 9.17) is 4.42 Å². The number of nitrogens with one attached hydrogen (secondary N) is 1. The molecule has 1 aromatic carbocycles. The van der Waals surface area contributed by atoms with Crippen LogP contribution in [0.25, 0.3) is 0 Å². The van der Waals surface area contributed by atoms with Gasteiger partial charge in [0.2, 0.25) is 0 Å². The number of hydrogen-bond acceptors (Lipinski definition) is 4. The second-order valence-electron chi connectivity index (χ2n) is 8.10. The first-order valence-electron chi connectivity index (χ1n) is 11.3. The lowest BCUT2D eigenvalue weighted by atomic mass is 9.99. The van der Waals surface area contributed by atoms with Crippen LogP contribution in [-0.2, 0) is 13.1 Å². The zero-order valence-corrected chi connectivity index (χ0v) is 18.8. The SMILES string of the molecule is CCN(CC)CCNC(=O)c1ccc(CN2CCn3cccc3C2c2ccc(F)cc2)o1. The largest absolute Gasteiger partial charge is 0.455 e. The van der Waals surface area contributed by atoms with Crippen LogP contribution in [0.4, 0.5) is 4.39 Å². The van der Waals surface area contributed by atoms with Crippen LogP contribution in [0.3, 0.4) is 0 Å². The molecule has 6 nitrogen and oxygen atoms in total. The summed E-state index contributed by atoms with van der Waals surface area (Å²) in [7, 11) is 0. The Kier molecular flexibility index (Phi) is 7.07. The number of carbonyl (C=O) groups is 1.